The van der Waals surface area contributed by atoms with Crippen LogP contribution in [0.4, 0.5) is 17.2 Å². The van der Waals surface area contributed by atoms with E-state index in [4.69, 9.17) is 21.6 Å². The van der Waals surface area contributed by atoms with E-state index >= 15 is 0 Å². The smallest absolute Gasteiger partial charge is 0.301 e. The Morgan fingerprint density at radius 2 is 1.98 bits per heavy atom. The zero-order chi connectivity index (χ0) is 29.0. The minimum Gasteiger partial charge on any atom is -0.323 e. The predicted molar refractivity (Wildman–Crippen MR) is 160 cm³/mol. The second kappa shape index (κ2) is 10.1. The largest absolute Gasteiger partial charge is 0.323 e. The summed E-state index contributed by atoms with van der Waals surface area (Å²) >= 11 is 6.38. The predicted octanol–water partition coefficient (Wildman–Crippen LogP) is 4.63. The summed E-state index contributed by atoms with van der Waals surface area (Å²) in [5.74, 6) is 0.113. The van der Waals surface area contributed by atoms with E-state index in [1.807, 2.05) is 37.1 Å². The van der Waals surface area contributed by atoms with Crippen LogP contribution >= 0.6 is 11.6 Å². The maximum absolute atomic E-state index is 13.3. The fourth-order valence-electron chi connectivity index (χ4n) is 5.53. The number of aryl methyl sites for hydroxylation is 1. The molecule has 7 rings (SSSR count). The van der Waals surface area contributed by atoms with E-state index in [-0.39, 0.29) is 23.4 Å². The van der Waals surface area contributed by atoms with Crippen molar-refractivity contribution >= 4 is 57.5 Å². The molecule has 4 aromatic heterocycles. The first-order valence-corrected chi connectivity index (χ1v) is 13.9. The fourth-order valence-corrected chi connectivity index (χ4v) is 5.70. The monoisotopic (exact) mass is 580 g/mol. The summed E-state index contributed by atoms with van der Waals surface area (Å²) in [5, 5.41) is 16.9. The molecule has 1 N–H and O–H groups in total. The number of hydrogen-bond donors (Lipinski definition) is 1. The van der Waals surface area contributed by atoms with E-state index in [1.165, 1.54) is 4.52 Å². The van der Waals surface area contributed by atoms with Crippen LogP contribution in [0.2, 0.25) is 5.02 Å². The first kappa shape index (κ1) is 26.0. The summed E-state index contributed by atoms with van der Waals surface area (Å²) in [4.78, 5) is 42.2. The summed E-state index contributed by atoms with van der Waals surface area (Å²) in [5.41, 5.74) is 3.89. The SMILES string of the molecule is C[C@@H]1CCC[C@H](N2C=Nc3cc2nc(=O)c2cn(nn2)c2ccc(Cl)cc32)c2cc(ccn2)-c2c(cnn2C)NC1=O. The van der Waals surface area contributed by atoms with Crippen molar-refractivity contribution in [1.82, 2.24) is 34.6 Å². The number of carbonyl (C=O) groups excluding carboxylic acids is 1. The molecule has 0 radical (unpaired) electrons. The molecule has 42 heavy (non-hydrogen) atoms. The van der Waals surface area contributed by atoms with Crippen molar-refractivity contribution in [1.29, 1.82) is 0 Å². The molecule has 0 spiro atoms. The Morgan fingerprint density at radius 1 is 1.10 bits per heavy atom. The van der Waals surface area contributed by atoms with Crippen molar-refractivity contribution in [3.05, 3.63) is 76.1 Å². The lowest BCUT2D eigenvalue weighted by Crippen LogP contribution is -2.31. The van der Waals surface area contributed by atoms with Gasteiger partial charge in [0.1, 0.15) is 5.82 Å². The molecule has 5 aromatic rings. The molecule has 0 aliphatic carbocycles. The van der Waals surface area contributed by atoms with Crippen molar-refractivity contribution in [3.63, 3.8) is 0 Å². The van der Waals surface area contributed by atoms with Crippen molar-refractivity contribution in [2.75, 3.05) is 10.2 Å². The number of anilines is 2. The van der Waals surface area contributed by atoms with Gasteiger partial charge in [0.2, 0.25) is 5.91 Å². The van der Waals surface area contributed by atoms with Gasteiger partial charge in [-0.05, 0) is 43.2 Å². The lowest BCUT2D eigenvalue weighted by molar-refractivity contribution is -0.119. The lowest BCUT2D eigenvalue weighted by Gasteiger charge is -2.31. The van der Waals surface area contributed by atoms with E-state index in [2.05, 4.69) is 25.7 Å². The van der Waals surface area contributed by atoms with Crippen LogP contribution in [0, 0.1) is 5.92 Å². The van der Waals surface area contributed by atoms with Gasteiger partial charge >= 0.3 is 5.56 Å². The van der Waals surface area contributed by atoms with Crippen LogP contribution < -0.4 is 15.8 Å². The van der Waals surface area contributed by atoms with Crippen LogP contribution in [-0.2, 0) is 11.8 Å². The van der Waals surface area contributed by atoms with Gasteiger partial charge in [0.25, 0.3) is 0 Å². The molecule has 2 aliphatic heterocycles. The van der Waals surface area contributed by atoms with Gasteiger partial charge in [-0.1, -0.05) is 30.2 Å². The van der Waals surface area contributed by atoms with E-state index in [0.717, 1.165) is 28.8 Å². The fraction of sp³-hybridized carbons (Fsp3) is 0.241. The molecule has 6 heterocycles. The van der Waals surface area contributed by atoms with E-state index in [1.54, 1.807) is 47.8 Å². The number of aliphatic imine (C=N–C) groups is 1. The van der Waals surface area contributed by atoms with Crippen molar-refractivity contribution in [3.8, 4) is 11.3 Å². The molecular formula is C29H25ClN10O2. The molecular weight excluding hydrogens is 556 g/mol. The van der Waals surface area contributed by atoms with Crippen LogP contribution in [0.5, 0.6) is 0 Å². The summed E-state index contributed by atoms with van der Waals surface area (Å²) in [6.07, 6.45) is 8.65. The third-order valence-electron chi connectivity index (χ3n) is 7.75. The van der Waals surface area contributed by atoms with E-state index in [0.29, 0.717) is 40.6 Å². The molecule has 6 bridgehead atoms. The highest BCUT2D eigenvalue weighted by atomic mass is 35.5. The molecule has 0 saturated carbocycles. The second-order valence-electron chi connectivity index (χ2n) is 10.5. The van der Waals surface area contributed by atoms with Crippen LogP contribution in [0.1, 0.15) is 37.9 Å². The molecule has 0 saturated heterocycles. The van der Waals surface area contributed by atoms with E-state index < -0.39 is 5.56 Å². The highest BCUT2D eigenvalue weighted by Gasteiger charge is 2.27. The number of hydrogen-bond acceptors (Lipinski definition) is 9. The zero-order valence-electron chi connectivity index (χ0n) is 22.8. The van der Waals surface area contributed by atoms with Crippen LogP contribution in [0.25, 0.3) is 27.7 Å². The molecule has 1 aromatic carbocycles. The summed E-state index contributed by atoms with van der Waals surface area (Å²) in [6, 6.07) is 10.7. The highest BCUT2D eigenvalue weighted by Crippen LogP contribution is 2.37. The molecule has 0 fully saturated rings. The van der Waals surface area contributed by atoms with Gasteiger partial charge in [-0.25, -0.2) is 9.51 Å². The molecule has 2 aliphatic rings. The topological polar surface area (TPSA) is 136 Å². The zero-order valence-corrected chi connectivity index (χ0v) is 23.5. The number of nitrogens with zero attached hydrogens (tertiary/aromatic N) is 9. The van der Waals surface area contributed by atoms with Gasteiger partial charge in [0.05, 0.1) is 53.1 Å². The normalized spacial score (nSPS) is 18.3. The first-order chi connectivity index (χ1) is 20.4. The summed E-state index contributed by atoms with van der Waals surface area (Å²) < 4.78 is 3.26. The molecule has 2 atom stereocenters. The van der Waals surface area contributed by atoms with Crippen LogP contribution in [-0.4, -0.2) is 46.8 Å². The van der Waals surface area contributed by atoms with Crippen molar-refractivity contribution in [2.45, 2.75) is 32.2 Å². The minimum atomic E-state index is -0.524. The first-order valence-electron chi connectivity index (χ1n) is 13.5. The van der Waals surface area contributed by atoms with Crippen LogP contribution in [0.15, 0.2) is 64.8 Å². The Labute approximate surface area is 244 Å². The van der Waals surface area contributed by atoms with Gasteiger partial charge in [-0.2, -0.15) is 10.1 Å². The maximum atomic E-state index is 13.3. The number of nitrogens with one attached hydrogen (secondary N) is 1. The van der Waals surface area contributed by atoms with Gasteiger partial charge in [-0.3, -0.25) is 19.3 Å². The number of amides is 1. The Balaban J connectivity index is 1.43. The number of aromatic nitrogens is 7. The molecule has 1 amide bonds. The van der Waals surface area contributed by atoms with E-state index in [9.17, 15) is 9.59 Å². The Morgan fingerprint density at radius 3 is 2.86 bits per heavy atom. The Hall–Kier alpha value is -4.97. The maximum Gasteiger partial charge on any atom is 0.301 e. The minimum absolute atomic E-state index is 0.0598. The number of pyridine rings is 1. The molecule has 13 heteroatoms. The molecule has 210 valence electrons. The van der Waals surface area contributed by atoms with Gasteiger partial charge < -0.3 is 10.2 Å². The molecule has 12 nitrogen and oxygen atoms in total. The van der Waals surface area contributed by atoms with Crippen molar-refractivity contribution < 1.29 is 4.79 Å². The average Bonchev–Trinajstić information content (AvgIpc) is 3.61. The Bertz CT molecular complexity index is 2020. The summed E-state index contributed by atoms with van der Waals surface area (Å²) in [7, 11) is 1.84. The van der Waals surface area contributed by atoms with Gasteiger partial charge in [0, 0.05) is 41.2 Å². The van der Waals surface area contributed by atoms with Gasteiger partial charge in [-0.15, -0.1) is 5.10 Å². The lowest BCUT2D eigenvalue weighted by atomic mass is 9.96. The number of halogens is 1. The molecule has 0 unspecified atom stereocenters. The quantitative estimate of drug-likeness (QED) is 0.303. The highest BCUT2D eigenvalue weighted by molar-refractivity contribution is 6.31. The third kappa shape index (κ3) is 4.49. The number of fused-ring (bicyclic) bond motifs is 11. The Kier molecular flexibility index (Phi) is 6.27. The summed E-state index contributed by atoms with van der Waals surface area (Å²) in [6.45, 7) is 1.92. The number of rotatable bonds is 1. The number of carbonyl (C=O) groups is 1. The standard InChI is InChI=1S/C29H25ClN10O2/c1-16-4-3-5-25(21-10-17(8-9-31-21)27-22(34-28(16)41)13-33-38(27)2)39-15-32-20-12-26(39)35-29(42)23-14-40(37-36-23)24-7-6-18(30)11-19(20)24/h6-16,25H,3-5H2,1-2H3,(H,34,41)/t16-,25+/m1/s1. The van der Waals surface area contributed by atoms with Gasteiger partial charge in [0.15, 0.2) is 5.52 Å². The van der Waals surface area contributed by atoms with Crippen LogP contribution in [0.3, 0.4) is 0 Å². The average molecular weight is 581 g/mol. The third-order valence-corrected chi connectivity index (χ3v) is 7.99. The number of benzene rings is 1. The second-order valence-corrected chi connectivity index (χ2v) is 10.9. The van der Waals surface area contributed by atoms with Crippen molar-refractivity contribution in [2.24, 2.45) is 18.0 Å².